The summed E-state index contributed by atoms with van der Waals surface area (Å²) in [4.78, 5) is 0. The van der Waals surface area contributed by atoms with Gasteiger partial charge in [0.1, 0.15) is 13.2 Å². The van der Waals surface area contributed by atoms with Gasteiger partial charge in [-0.1, -0.05) is 6.07 Å². The number of hydrogen-bond acceptors (Lipinski definition) is 4. The van der Waals surface area contributed by atoms with Crippen LogP contribution in [0.1, 0.15) is 19.4 Å². The first-order valence-corrected chi connectivity index (χ1v) is 6.50. The molecule has 1 heterocycles. The molecule has 4 heteroatoms. The number of fused-ring (bicyclic) bond motifs is 1. The highest BCUT2D eigenvalue weighted by atomic mass is 16.6. The molecule has 1 aliphatic heterocycles. The van der Waals surface area contributed by atoms with Gasteiger partial charge in [0.05, 0.1) is 6.10 Å². The molecular weight excluding hydrogens is 230 g/mol. The van der Waals surface area contributed by atoms with Crippen molar-refractivity contribution in [2.45, 2.75) is 26.5 Å². The van der Waals surface area contributed by atoms with Gasteiger partial charge in [-0.25, -0.2) is 0 Å². The molecule has 1 N–H and O–H groups in total. The third-order valence-electron chi connectivity index (χ3n) is 2.82. The van der Waals surface area contributed by atoms with Crippen LogP contribution in [0.3, 0.4) is 0 Å². The summed E-state index contributed by atoms with van der Waals surface area (Å²) in [6.45, 7) is 7.77. The minimum Gasteiger partial charge on any atom is -0.486 e. The molecule has 1 atom stereocenters. The number of rotatable bonds is 6. The Morgan fingerprint density at radius 1 is 1.28 bits per heavy atom. The zero-order valence-electron chi connectivity index (χ0n) is 11.1. The van der Waals surface area contributed by atoms with Crippen LogP contribution in [0.2, 0.25) is 0 Å². The first-order chi connectivity index (χ1) is 8.79. The standard InChI is InChI=1S/C14H21NO3/c1-3-16-11(2)9-15-10-12-4-5-13-14(8-12)18-7-6-17-13/h4-5,8,11,15H,3,6-7,9-10H2,1-2H3. The van der Waals surface area contributed by atoms with E-state index in [1.54, 1.807) is 0 Å². The minimum atomic E-state index is 0.243. The number of benzene rings is 1. The molecular formula is C14H21NO3. The SMILES string of the molecule is CCOC(C)CNCc1ccc2c(c1)OCCO2. The number of nitrogens with one attached hydrogen (secondary N) is 1. The Morgan fingerprint density at radius 3 is 2.83 bits per heavy atom. The van der Waals surface area contributed by atoms with Crippen LogP contribution >= 0.6 is 0 Å². The van der Waals surface area contributed by atoms with Crippen molar-refractivity contribution in [1.82, 2.24) is 5.32 Å². The topological polar surface area (TPSA) is 39.7 Å². The molecule has 100 valence electrons. The van der Waals surface area contributed by atoms with Crippen molar-refractivity contribution in [3.8, 4) is 11.5 Å². The summed E-state index contributed by atoms with van der Waals surface area (Å²) < 4.78 is 16.5. The third-order valence-corrected chi connectivity index (χ3v) is 2.82. The van der Waals surface area contributed by atoms with Crippen molar-refractivity contribution in [1.29, 1.82) is 0 Å². The van der Waals surface area contributed by atoms with Crippen LogP contribution in [-0.2, 0) is 11.3 Å². The van der Waals surface area contributed by atoms with E-state index in [0.29, 0.717) is 13.2 Å². The summed E-state index contributed by atoms with van der Waals surface area (Å²) in [5.41, 5.74) is 1.20. The van der Waals surface area contributed by atoms with Gasteiger partial charge in [0.25, 0.3) is 0 Å². The van der Waals surface area contributed by atoms with E-state index >= 15 is 0 Å². The summed E-state index contributed by atoms with van der Waals surface area (Å²) in [7, 11) is 0. The smallest absolute Gasteiger partial charge is 0.161 e. The minimum absolute atomic E-state index is 0.243. The molecule has 2 rings (SSSR count). The van der Waals surface area contributed by atoms with E-state index in [9.17, 15) is 0 Å². The van der Waals surface area contributed by atoms with Gasteiger partial charge in [-0.05, 0) is 31.5 Å². The average molecular weight is 251 g/mol. The summed E-state index contributed by atoms with van der Waals surface area (Å²) in [6, 6.07) is 6.07. The van der Waals surface area contributed by atoms with Crippen molar-refractivity contribution in [3.05, 3.63) is 23.8 Å². The fraction of sp³-hybridized carbons (Fsp3) is 0.571. The number of hydrogen-bond donors (Lipinski definition) is 1. The van der Waals surface area contributed by atoms with Crippen LogP contribution in [0.15, 0.2) is 18.2 Å². The Bertz CT molecular complexity index is 381. The van der Waals surface area contributed by atoms with Gasteiger partial charge in [-0.2, -0.15) is 0 Å². The zero-order valence-corrected chi connectivity index (χ0v) is 11.1. The van der Waals surface area contributed by atoms with Crippen molar-refractivity contribution < 1.29 is 14.2 Å². The molecule has 0 amide bonds. The first-order valence-electron chi connectivity index (χ1n) is 6.50. The van der Waals surface area contributed by atoms with Crippen LogP contribution in [0.5, 0.6) is 11.5 Å². The maximum Gasteiger partial charge on any atom is 0.161 e. The van der Waals surface area contributed by atoms with Crippen molar-refractivity contribution in [3.63, 3.8) is 0 Å². The lowest BCUT2D eigenvalue weighted by Gasteiger charge is -2.19. The van der Waals surface area contributed by atoms with Gasteiger partial charge in [-0.15, -0.1) is 0 Å². The molecule has 0 radical (unpaired) electrons. The summed E-state index contributed by atoms with van der Waals surface area (Å²) in [5.74, 6) is 1.69. The fourth-order valence-corrected chi connectivity index (χ4v) is 1.96. The van der Waals surface area contributed by atoms with Crippen LogP contribution < -0.4 is 14.8 Å². The Hall–Kier alpha value is -1.26. The maximum absolute atomic E-state index is 5.55. The molecule has 4 nitrogen and oxygen atoms in total. The van der Waals surface area contributed by atoms with Gasteiger partial charge in [0.15, 0.2) is 11.5 Å². The summed E-state index contributed by atoms with van der Waals surface area (Å²) >= 11 is 0. The third kappa shape index (κ3) is 3.62. The first kappa shape index (κ1) is 13.2. The second-order valence-electron chi connectivity index (χ2n) is 4.37. The Labute approximate surface area is 108 Å². The molecule has 0 aromatic heterocycles. The Morgan fingerprint density at radius 2 is 2.06 bits per heavy atom. The van der Waals surface area contributed by atoms with Gasteiger partial charge < -0.3 is 19.5 Å². The van der Waals surface area contributed by atoms with Gasteiger partial charge in [0.2, 0.25) is 0 Å². The highest BCUT2D eigenvalue weighted by Crippen LogP contribution is 2.30. The van der Waals surface area contributed by atoms with Crippen LogP contribution in [0.25, 0.3) is 0 Å². The summed E-state index contributed by atoms with van der Waals surface area (Å²) in [5, 5.41) is 3.37. The second-order valence-corrected chi connectivity index (χ2v) is 4.37. The van der Waals surface area contributed by atoms with Crippen molar-refractivity contribution in [2.24, 2.45) is 0 Å². The van der Waals surface area contributed by atoms with Gasteiger partial charge >= 0.3 is 0 Å². The van der Waals surface area contributed by atoms with E-state index in [1.807, 2.05) is 19.1 Å². The van der Waals surface area contributed by atoms with Crippen LogP contribution in [0, 0.1) is 0 Å². The summed E-state index contributed by atoms with van der Waals surface area (Å²) in [6.07, 6.45) is 0.243. The Balaban J connectivity index is 1.82. The van der Waals surface area contributed by atoms with E-state index in [4.69, 9.17) is 14.2 Å². The Kier molecular flexibility index (Phi) is 4.84. The molecule has 1 unspecified atom stereocenters. The predicted octanol–water partition coefficient (Wildman–Crippen LogP) is 1.97. The predicted molar refractivity (Wildman–Crippen MR) is 70.2 cm³/mol. The highest BCUT2D eigenvalue weighted by Gasteiger charge is 2.11. The van der Waals surface area contributed by atoms with E-state index in [0.717, 1.165) is 31.2 Å². The molecule has 0 bridgehead atoms. The van der Waals surface area contributed by atoms with Crippen LogP contribution in [-0.4, -0.2) is 32.5 Å². The molecule has 0 spiro atoms. The van der Waals surface area contributed by atoms with Gasteiger partial charge in [-0.3, -0.25) is 0 Å². The van der Waals surface area contributed by atoms with Crippen LogP contribution in [0.4, 0.5) is 0 Å². The van der Waals surface area contributed by atoms with E-state index in [-0.39, 0.29) is 6.10 Å². The fourth-order valence-electron chi connectivity index (χ4n) is 1.96. The van der Waals surface area contributed by atoms with Gasteiger partial charge in [0, 0.05) is 19.7 Å². The molecule has 0 saturated carbocycles. The lowest BCUT2D eigenvalue weighted by atomic mass is 10.2. The quantitative estimate of drug-likeness (QED) is 0.839. The van der Waals surface area contributed by atoms with E-state index in [1.165, 1.54) is 5.56 Å². The lowest BCUT2D eigenvalue weighted by molar-refractivity contribution is 0.0759. The number of ether oxygens (including phenoxy) is 3. The molecule has 1 aromatic rings. The van der Waals surface area contributed by atoms with E-state index < -0.39 is 0 Å². The largest absolute Gasteiger partial charge is 0.486 e. The molecule has 1 aliphatic rings. The lowest BCUT2D eigenvalue weighted by Crippen LogP contribution is -2.26. The van der Waals surface area contributed by atoms with Crippen molar-refractivity contribution >= 4 is 0 Å². The molecule has 0 aliphatic carbocycles. The maximum atomic E-state index is 5.55. The molecule has 18 heavy (non-hydrogen) atoms. The average Bonchev–Trinajstić information content (AvgIpc) is 2.39. The highest BCUT2D eigenvalue weighted by molar-refractivity contribution is 5.43. The second kappa shape index (κ2) is 6.61. The molecule has 0 fully saturated rings. The van der Waals surface area contributed by atoms with Crippen molar-refractivity contribution in [2.75, 3.05) is 26.4 Å². The zero-order chi connectivity index (χ0) is 12.8. The molecule has 0 saturated heterocycles. The normalized spacial score (nSPS) is 15.4. The molecule has 1 aromatic carbocycles. The van der Waals surface area contributed by atoms with E-state index in [2.05, 4.69) is 18.3 Å². The monoisotopic (exact) mass is 251 g/mol.